The molecule has 0 saturated carbocycles. The molecule has 0 radical (unpaired) electrons. The van der Waals surface area contributed by atoms with Crippen LogP contribution in [0.4, 0.5) is 13.2 Å². The minimum absolute atomic E-state index is 0. The van der Waals surface area contributed by atoms with Crippen LogP contribution in [0.2, 0.25) is 0 Å². The van der Waals surface area contributed by atoms with Gasteiger partial charge in [0.15, 0.2) is 0 Å². The van der Waals surface area contributed by atoms with Gasteiger partial charge in [0.1, 0.15) is 5.54 Å². The Bertz CT molecular complexity index is 887. The van der Waals surface area contributed by atoms with Crippen molar-refractivity contribution in [1.82, 2.24) is 15.2 Å². The van der Waals surface area contributed by atoms with Crippen molar-refractivity contribution >= 4 is 18.3 Å². The molecule has 2 aromatic rings. The molecule has 2 saturated heterocycles. The summed E-state index contributed by atoms with van der Waals surface area (Å²) in [5, 5.41) is 2.98. The number of amides is 1. The second-order valence-corrected chi connectivity index (χ2v) is 7.60. The largest absolute Gasteiger partial charge is 0.416 e. The normalized spacial score (nSPS) is 25.0. The Morgan fingerprint density at radius 1 is 1.14 bits per heavy atom. The third kappa shape index (κ3) is 3.85. The Hall–Kier alpha value is -2.12. The van der Waals surface area contributed by atoms with Crippen LogP contribution < -0.4 is 5.32 Å². The second-order valence-electron chi connectivity index (χ2n) is 7.60. The number of nitrogens with zero attached hydrogens (tertiary/aromatic N) is 2. The topological polar surface area (TPSA) is 45.2 Å². The fourth-order valence-electron chi connectivity index (χ4n) is 4.49. The van der Waals surface area contributed by atoms with Crippen molar-refractivity contribution in [3.8, 4) is 11.1 Å². The molecule has 4 nitrogen and oxygen atoms in total. The van der Waals surface area contributed by atoms with Crippen LogP contribution in [0.15, 0.2) is 42.6 Å². The van der Waals surface area contributed by atoms with Crippen LogP contribution in [0.5, 0.6) is 0 Å². The summed E-state index contributed by atoms with van der Waals surface area (Å²) in [5.74, 6) is 0.0858. The van der Waals surface area contributed by atoms with Gasteiger partial charge in [-0.15, -0.1) is 12.4 Å². The molecule has 2 aliphatic rings. The lowest BCUT2D eigenvalue weighted by Gasteiger charge is -2.40. The first-order valence-electron chi connectivity index (χ1n) is 9.46. The average molecular weight is 426 g/mol. The van der Waals surface area contributed by atoms with Gasteiger partial charge in [-0.3, -0.25) is 14.7 Å². The molecular weight excluding hydrogens is 403 g/mol. The van der Waals surface area contributed by atoms with Gasteiger partial charge >= 0.3 is 6.18 Å². The first-order chi connectivity index (χ1) is 13.3. The van der Waals surface area contributed by atoms with Crippen molar-refractivity contribution in [3.63, 3.8) is 0 Å². The van der Waals surface area contributed by atoms with Crippen LogP contribution in [0.1, 0.15) is 43.0 Å². The predicted octanol–water partition coefficient (Wildman–Crippen LogP) is 4.60. The smallest absolute Gasteiger partial charge is 0.354 e. The number of aromatic nitrogens is 1. The minimum atomic E-state index is -4.34. The van der Waals surface area contributed by atoms with E-state index < -0.39 is 17.3 Å². The van der Waals surface area contributed by atoms with Gasteiger partial charge in [-0.05, 0) is 68.1 Å². The summed E-state index contributed by atoms with van der Waals surface area (Å²) in [6.07, 6.45) is 0.747. The number of likely N-dealkylation sites (tertiary alicyclic amines) is 1. The second kappa shape index (κ2) is 7.95. The molecule has 2 fully saturated rings. The van der Waals surface area contributed by atoms with E-state index in [1.807, 2.05) is 13.1 Å². The van der Waals surface area contributed by atoms with Gasteiger partial charge in [-0.2, -0.15) is 13.2 Å². The molecule has 1 amide bonds. The zero-order valence-electron chi connectivity index (χ0n) is 16.0. The third-order valence-corrected chi connectivity index (χ3v) is 6.12. The van der Waals surface area contributed by atoms with E-state index in [1.54, 1.807) is 12.3 Å². The molecule has 1 aromatic carbocycles. The zero-order valence-corrected chi connectivity index (χ0v) is 16.8. The highest BCUT2D eigenvalue weighted by Gasteiger charge is 2.51. The Labute approximate surface area is 173 Å². The van der Waals surface area contributed by atoms with E-state index in [-0.39, 0.29) is 24.4 Å². The van der Waals surface area contributed by atoms with Gasteiger partial charge in [-0.1, -0.05) is 12.1 Å². The van der Waals surface area contributed by atoms with Crippen molar-refractivity contribution in [1.29, 1.82) is 0 Å². The molecule has 29 heavy (non-hydrogen) atoms. The molecule has 3 heterocycles. The van der Waals surface area contributed by atoms with E-state index in [1.165, 1.54) is 12.1 Å². The number of nitrogens with one attached hydrogen (secondary N) is 1. The number of carbonyl (C=O) groups excluding carboxylic acids is 1. The van der Waals surface area contributed by atoms with Gasteiger partial charge in [-0.25, -0.2) is 0 Å². The highest BCUT2D eigenvalue weighted by Crippen LogP contribution is 2.44. The number of pyridine rings is 1. The summed E-state index contributed by atoms with van der Waals surface area (Å²) < 4.78 is 38.4. The van der Waals surface area contributed by atoms with E-state index in [4.69, 9.17) is 0 Å². The first-order valence-corrected chi connectivity index (χ1v) is 9.46. The van der Waals surface area contributed by atoms with Gasteiger partial charge in [0, 0.05) is 12.7 Å². The number of piperidine rings is 1. The van der Waals surface area contributed by atoms with Crippen LogP contribution in [-0.2, 0) is 11.0 Å². The molecule has 0 aliphatic carbocycles. The number of alkyl halides is 3. The van der Waals surface area contributed by atoms with Crippen LogP contribution in [0.3, 0.4) is 0 Å². The Morgan fingerprint density at radius 2 is 1.86 bits per heavy atom. The van der Waals surface area contributed by atoms with E-state index in [9.17, 15) is 18.0 Å². The van der Waals surface area contributed by atoms with Crippen LogP contribution in [0.25, 0.3) is 11.1 Å². The van der Waals surface area contributed by atoms with E-state index in [2.05, 4.69) is 15.2 Å². The van der Waals surface area contributed by atoms with Crippen molar-refractivity contribution < 1.29 is 18.0 Å². The van der Waals surface area contributed by atoms with E-state index in [0.29, 0.717) is 5.56 Å². The predicted molar refractivity (Wildman–Crippen MR) is 107 cm³/mol. The van der Waals surface area contributed by atoms with E-state index >= 15 is 0 Å². The van der Waals surface area contributed by atoms with Gasteiger partial charge in [0.05, 0.1) is 17.3 Å². The average Bonchev–Trinajstić information content (AvgIpc) is 3.01. The summed E-state index contributed by atoms with van der Waals surface area (Å²) in [5.41, 5.74) is 1.24. The summed E-state index contributed by atoms with van der Waals surface area (Å²) in [6, 6.07) is 8.88. The molecule has 2 aliphatic heterocycles. The monoisotopic (exact) mass is 425 g/mol. The molecule has 1 spiro atoms. The standard InChI is InChI=1S/C21H22F3N3O.ClH/c1-27-18(7-10-20(27)9-2-11-26-19(20)28)17-13-15(8-12-25-17)14-3-5-16(6-4-14)21(22,23)24;/h3-6,8,12-13,18H,2,7,9-11H2,1H3,(H,26,28);1H/t18-,20+;/m1./s1. The molecule has 0 bridgehead atoms. The van der Waals surface area contributed by atoms with Gasteiger partial charge < -0.3 is 5.32 Å². The van der Waals surface area contributed by atoms with Crippen LogP contribution >= 0.6 is 12.4 Å². The number of hydrogen-bond acceptors (Lipinski definition) is 3. The number of benzene rings is 1. The summed E-state index contributed by atoms with van der Waals surface area (Å²) >= 11 is 0. The Morgan fingerprint density at radius 3 is 2.52 bits per heavy atom. The minimum Gasteiger partial charge on any atom is -0.354 e. The number of likely N-dealkylation sites (N-methyl/N-ethyl adjacent to an activating group) is 1. The molecule has 0 unspecified atom stereocenters. The lowest BCUT2D eigenvalue weighted by atomic mass is 9.87. The fourth-order valence-corrected chi connectivity index (χ4v) is 4.49. The van der Waals surface area contributed by atoms with Crippen molar-refractivity contribution in [2.45, 2.75) is 43.4 Å². The number of carbonyl (C=O) groups is 1. The number of halogens is 4. The van der Waals surface area contributed by atoms with Gasteiger partial charge in [0.2, 0.25) is 5.91 Å². The first kappa shape index (κ1) is 21.6. The molecule has 8 heteroatoms. The lowest BCUT2D eigenvalue weighted by Crippen LogP contribution is -2.57. The SMILES string of the molecule is CN1[C@@H](c2cc(-c3ccc(C(F)(F)F)cc3)ccn2)CC[C@]12CCCNC2=O.Cl. The summed E-state index contributed by atoms with van der Waals surface area (Å²) in [6.45, 7) is 0.723. The summed E-state index contributed by atoms with van der Waals surface area (Å²) in [7, 11) is 1.97. The molecule has 156 valence electrons. The lowest BCUT2D eigenvalue weighted by molar-refractivity contribution is -0.137. The summed E-state index contributed by atoms with van der Waals surface area (Å²) in [4.78, 5) is 19.2. The number of hydrogen-bond donors (Lipinski definition) is 1. The highest BCUT2D eigenvalue weighted by atomic mass is 35.5. The molecule has 2 atom stereocenters. The quantitative estimate of drug-likeness (QED) is 0.764. The number of rotatable bonds is 2. The Balaban J connectivity index is 0.00000240. The Kier molecular flexibility index (Phi) is 5.92. The maximum absolute atomic E-state index is 12.8. The van der Waals surface area contributed by atoms with E-state index in [0.717, 1.165) is 55.6 Å². The zero-order chi connectivity index (χ0) is 19.9. The molecule has 1 aromatic heterocycles. The third-order valence-electron chi connectivity index (χ3n) is 6.12. The van der Waals surface area contributed by atoms with Crippen LogP contribution in [0, 0.1) is 0 Å². The molecule has 1 N–H and O–H groups in total. The van der Waals surface area contributed by atoms with Gasteiger partial charge in [0.25, 0.3) is 0 Å². The molecular formula is C21H23ClF3N3O. The fraction of sp³-hybridized carbons (Fsp3) is 0.429. The molecule has 4 rings (SSSR count). The maximum Gasteiger partial charge on any atom is 0.416 e. The van der Waals surface area contributed by atoms with Crippen molar-refractivity contribution in [2.24, 2.45) is 0 Å². The van der Waals surface area contributed by atoms with Crippen molar-refractivity contribution in [2.75, 3.05) is 13.6 Å². The highest BCUT2D eigenvalue weighted by molar-refractivity contribution is 5.87. The van der Waals surface area contributed by atoms with Crippen LogP contribution in [-0.4, -0.2) is 34.9 Å². The van der Waals surface area contributed by atoms with Crippen molar-refractivity contribution in [3.05, 3.63) is 53.9 Å². The maximum atomic E-state index is 12.8.